The highest BCUT2D eigenvalue weighted by molar-refractivity contribution is 5.85. The van der Waals surface area contributed by atoms with Gasteiger partial charge in [0.05, 0.1) is 12.1 Å². The zero-order valence-corrected chi connectivity index (χ0v) is 9.47. The molecule has 0 aliphatic rings. The third kappa shape index (κ3) is 2.47. The molecule has 3 heteroatoms. The average molecular weight is 216 g/mol. The molecular formula is C11H18ClNO. The molecule has 0 fully saturated rings. The van der Waals surface area contributed by atoms with Crippen molar-refractivity contribution in [2.75, 3.05) is 13.7 Å². The van der Waals surface area contributed by atoms with Gasteiger partial charge in [0.2, 0.25) is 0 Å². The summed E-state index contributed by atoms with van der Waals surface area (Å²) in [4.78, 5) is 0. The number of nitrogens with one attached hydrogen (secondary N) is 1. The van der Waals surface area contributed by atoms with Crippen LogP contribution in [-0.2, 0) is 5.54 Å². The van der Waals surface area contributed by atoms with Crippen molar-refractivity contribution in [1.82, 2.24) is 5.32 Å². The van der Waals surface area contributed by atoms with Crippen molar-refractivity contribution < 1.29 is 5.11 Å². The summed E-state index contributed by atoms with van der Waals surface area (Å²) in [5.74, 6) is 0. The SMILES string of the molecule is CCC(CO)(NC)c1ccccc1.Cl. The zero-order valence-electron chi connectivity index (χ0n) is 8.66. The Labute approximate surface area is 91.8 Å². The molecule has 0 spiro atoms. The third-order valence-electron chi connectivity index (χ3n) is 2.68. The average Bonchev–Trinajstić information content (AvgIpc) is 2.23. The second kappa shape index (κ2) is 6.02. The van der Waals surface area contributed by atoms with Crippen LogP contribution in [0.4, 0.5) is 0 Å². The Morgan fingerprint density at radius 1 is 1.29 bits per heavy atom. The van der Waals surface area contributed by atoms with Gasteiger partial charge in [-0.05, 0) is 19.0 Å². The molecule has 1 rings (SSSR count). The molecule has 2 nitrogen and oxygen atoms in total. The predicted octanol–water partition coefficient (Wildman–Crippen LogP) is 1.93. The lowest BCUT2D eigenvalue weighted by Crippen LogP contribution is -2.42. The Morgan fingerprint density at radius 3 is 2.21 bits per heavy atom. The van der Waals surface area contributed by atoms with Crippen LogP contribution in [0.15, 0.2) is 30.3 Å². The molecule has 80 valence electrons. The maximum absolute atomic E-state index is 9.37. The molecule has 1 atom stereocenters. The fourth-order valence-corrected chi connectivity index (χ4v) is 1.56. The van der Waals surface area contributed by atoms with Gasteiger partial charge in [0, 0.05) is 0 Å². The second-order valence-corrected chi connectivity index (χ2v) is 3.21. The molecule has 0 bridgehead atoms. The fourth-order valence-electron chi connectivity index (χ4n) is 1.56. The first-order chi connectivity index (χ1) is 6.29. The standard InChI is InChI=1S/C11H17NO.ClH/c1-3-11(9-13,12-2)10-7-5-4-6-8-10;/h4-8,12-13H,3,9H2,1-2H3;1H. The van der Waals surface area contributed by atoms with E-state index in [-0.39, 0.29) is 24.6 Å². The highest BCUT2D eigenvalue weighted by Gasteiger charge is 2.26. The molecule has 0 saturated carbocycles. The van der Waals surface area contributed by atoms with Gasteiger partial charge in [0.25, 0.3) is 0 Å². The van der Waals surface area contributed by atoms with Crippen molar-refractivity contribution in [1.29, 1.82) is 0 Å². The van der Waals surface area contributed by atoms with Gasteiger partial charge in [-0.15, -0.1) is 12.4 Å². The predicted molar refractivity (Wildman–Crippen MR) is 61.8 cm³/mol. The van der Waals surface area contributed by atoms with Crippen LogP contribution in [0.3, 0.4) is 0 Å². The topological polar surface area (TPSA) is 32.3 Å². The van der Waals surface area contributed by atoms with Crippen LogP contribution in [-0.4, -0.2) is 18.8 Å². The van der Waals surface area contributed by atoms with Crippen LogP contribution in [0.2, 0.25) is 0 Å². The van der Waals surface area contributed by atoms with Crippen LogP contribution in [0.5, 0.6) is 0 Å². The van der Waals surface area contributed by atoms with E-state index in [1.807, 2.05) is 37.4 Å². The highest BCUT2D eigenvalue weighted by Crippen LogP contribution is 2.23. The monoisotopic (exact) mass is 215 g/mol. The molecular weight excluding hydrogens is 198 g/mol. The van der Waals surface area contributed by atoms with Gasteiger partial charge in [-0.3, -0.25) is 0 Å². The van der Waals surface area contributed by atoms with Crippen LogP contribution in [0, 0.1) is 0 Å². The van der Waals surface area contributed by atoms with E-state index in [1.165, 1.54) is 0 Å². The molecule has 0 aliphatic carbocycles. The minimum Gasteiger partial charge on any atom is -0.394 e. The summed E-state index contributed by atoms with van der Waals surface area (Å²) in [5.41, 5.74) is 0.865. The first-order valence-electron chi connectivity index (χ1n) is 4.64. The van der Waals surface area contributed by atoms with E-state index in [0.717, 1.165) is 12.0 Å². The van der Waals surface area contributed by atoms with E-state index in [1.54, 1.807) is 0 Å². The van der Waals surface area contributed by atoms with E-state index >= 15 is 0 Å². The molecule has 0 aromatic heterocycles. The Kier molecular flexibility index (Phi) is 5.77. The number of hydrogen-bond donors (Lipinski definition) is 2. The number of likely N-dealkylation sites (N-methyl/N-ethyl adjacent to an activating group) is 1. The van der Waals surface area contributed by atoms with Gasteiger partial charge in [-0.25, -0.2) is 0 Å². The van der Waals surface area contributed by atoms with E-state index in [9.17, 15) is 5.11 Å². The molecule has 0 aliphatic heterocycles. The number of benzene rings is 1. The summed E-state index contributed by atoms with van der Waals surface area (Å²) >= 11 is 0. The quantitative estimate of drug-likeness (QED) is 0.805. The van der Waals surface area contributed by atoms with Crippen LogP contribution in [0.1, 0.15) is 18.9 Å². The third-order valence-corrected chi connectivity index (χ3v) is 2.68. The van der Waals surface area contributed by atoms with Crippen molar-refractivity contribution in [3.8, 4) is 0 Å². The van der Waals surface area contributed by atoms with Crippen LogP contribution < -0.4 is 5.32 Å². The first-order valence-corrected chi connectivity index (χ1v) is 4.64. The van der Waals surface area contributed by atoms with Crippen molar-refractivity contribution in [3.63, 3.8) is 0 Å². The number of aliphatic hydroxyl groups excluding tert-OH is 1. The molecule has 1 aromatic carbocycles. The smallest absolute Gasteiger partial charge is 0.0664 e. The van der Waals surface area contributed by atoms with Crippen molar-refractivity contribution in [2.45, 2.75) is 18.9 Å². The summed E-state index contributed by atoms with van der Waals surface area (Å²) in [7, 11) is 1.88. The van der Waals surface area contributed by atoms with Crippen molar-refractivity contribution in [2.24, 2.45) is 0 Å². The molecule has 14 heavy (non-hydrogen) atoms. The van der Waals surface area contributed by atoms with Gasteiger partial charge in [-0.2, -0.15) is 0 Å². The Bertz CT molecular complexity index is 238. The van der Waals surface area contributed by atoms with Gasteiger partial charge in [-0.1, -0.05) is 37.3 Å². The van der Waals surface area contributed by atoms with Gasteiger partial charge >= 0.3 is 0 Å². The van der Waals surface area contributed by atoms with E-state index in [2.05, 4.69) is 12.2 Å². The molecule has 0 amide bonds. The lowest BCUT2D eigenvalue weighted by molar-refractivity contribution is 0.164. The lowest BCUT2D eigenvalue weighted by atomic mass is 9.88. The summed E-state index contributed by atoms with van der Waals surface area (Å²) in [6, 6.07) is 10.0. The maximum Gasteiger partial charge on any atom is 0.0664 e. The normalized spacial score (nSPS) is 14.2. The summed E-state index contributed by atoms with van der Waals surface area (Å²) in [6.45, 7) is 2.20. The number of hydrogen-bond acceptors (Lipinski definition) is 2. The van der Waals surface area contributed by atoms with Crippen molar-refractivity contribution in [3.05, 3.63) is 35.9 Å². The van der Waals surface area contributed by atoms with Gasteiger partial charge < -0.3 is 10.4 Å². The number of rotatable bonds is 4. The molecule has 0 radical (unpaired) electrons. The number of halogens is 1. The molecule has 1 aromatic rings. The highest BCUT2D eigenvalue weighted by atomic mass is 35.5. The van der Waals surface area contributed by atoms with Crippen LogP contribution in [0.25, 0.3) is 0 Å². The molecule has 0 saturated heterocycles. The maximum atomic E-state index is 9.37. The van der Waals surface area contributed by atoms with Crippen molar-refractivity contribution >= 4 is 12.4 Å². The largest absolute Gasteiger partial charge is 0.394 e. The Hall–Kier alpha value is -0.570. The summed E-state index contributed by atoms with van der Waals surface area (Å²) in [6.07, 6.45) is 0.879. The second-order valence-electron chi connectivity index (χ2n) is 3.21. The Morgan fingerprint density at radius 2 is 1.86 bits per heavy atom. The summed E-state index contributed by atoms with van der Waals surface area (Å²) < 4.78 is 0. The van der Waals surface area contributed by atoms with E-state index < -0.39 is 0 Å². The van der Waals surface area contributed by atoms with Crippen LogP contribution >= 0.6 is 12.4 Å². The molecule has 2 N–H and O–H groups in total. The van der Waals surface area contributed by atoms with E-state index in [0.29, 0.717) is 0 Å². The molecule has 0 heterocycles. The first kappa shape index (κ1) is 13.4. The Balaban J connectivity index is 0.00000169. The van der Waals surface area contributed by atoms with Gasteiger partial charge in [0.15, 0.2) is 0 Å². The zero-order chi connectivity index (χ0) is 9.73. The van der Waals surface area contributed by atoms with Gasteiger partial charge in [0.1, 0.15) is 0 Å². The minimum absolute atomic E-state index is 0. The minimum atomic E-state index is -0.277. The summed E-state index contributed by atoms with van der Waals surface area (Å²) in [5, 5.41) is 12.5. The molecule has 1 unspecified atom stereocenters. The van der Waals surface area contributed by atoms with E-state index in [4.69, 9.17) is 0 Å². The lowest BCUT2D eigenvalue weighted by Gasteiger charge is -2.30. The number of aliphatic hydroxyl groups is 1. The fraction of sp³-hybridized carbons (Fsp3) is 0.455.